The zero-order valence-electron chi connectivity index (χ0n) is 13.7. The molecule has 0 N–H and O–H groups in total. The summed E-state index contributed by atoms with van der Waals surface area (Å²) in [6.45, 7) is -0.341. The van der Waals surface area contributed by atoms with Crippen molar-refractivity contribution in [3.63, 3.8) is 0 Å². The van der Waals surface area contributed by atoms with E-state index in [4.69, 9.17) is 11.6 Å². The molecule has 4 aromatic rings. The first kappa shape index (κ1) is 16.7. The number of benzene rings is 1. The molecular formula is C20H14ClF2N3. The van der Waals surface area contributed by atoms with Crippen LogP contribution in [-0.4, -0.2) is 21.2 Å². The van der Waals surface area contributed by atoms with E-state index in [0.717, 1.165) is 33.4 Å². The number of hydrogen-bond acceptors (Lipinski definition) is 2. The molecule has 0 aliphatic heterocycles. The van der Waals surface area contributed by atoms with Crippen molar-refractivity contribution in [2.24, 2.45) is 0 Å². The molecule has 3 aromatic heterocycles. The third-order valence-electron chi connectivity index (χ3n) is 4.26. The van der Waals surface area contributed by atoms with Crippen molar-refractivity contribution in [1.82, 2.24) is 14.5 Å². The molecule has 0 fully saturated rings. The Labute approximate surface area is 153 Å². The van der Waals surface area contributed by atoms with Gasteiger partial charge >= 0.3 is 0 Å². The van der Waals surface area contributed by atoms with Gasteiger partial charge in [0.1, 0.15) is 17.6 Å². The van der Waals surface area contributed by atoms with Crippen molar-refractivity contribution in [3.05, 3.63) is 71.9 Å². The molecule has 0 atom stereocenters. The number of hydrogen-bond donors (Lipinski definition) is 0. The lowest BCUT2D eigenvalue weighted by molar-refractivity contribution is 0.452. The topological polar surface area (TPSA) is 30.7 Å². The summed E-state index contributed by atoms with van der Waals surface area (Å²) in [6.07, 6.45) is 3.30. The summed E-state index contributed by atoms with van der Waals surface area (Å²) in [5.41, 5.74) is 4.75. The maximum absolute atomic E-state index is 13.4. The van der Waals surface area contributed by atoms with Gasteiger partial charge in [0.25, 0.3) is 0 Å². The van der Waals surface area contributed by atoms with Crippen LogP contribution in [0.15, 0.2) is 60.9 Å². The van der Waals surface area contributed by atoms with Crippen LogP contribution < -0.4 is 0 Å². The first-order valence-electron chi connectivity index (χ1n) is 8.10. The van der Waals surface area contributed by atoms with Gasteiger partial charge in [0.15, 0.2) is 0 Å². The Bertz CT molecular complexity index is 1070. The Morgan fingerprint density at radius 1 is 0.962 bits per heavy atom. The molecule has 26 heavy (non-hydrogen) atoms. The van der Waals surface area contributed by atoms with Gasteiger partial charge in [-0.25, -0.2) is 13.8 Å². The number of fused-ring (bicyclic) bond motifs is 1. The van der Waals surface area contributed by atoms with Crippen LogP contribution in [0.2, 0.25) is 5.15 Å². The Morgan fingerprint density at radius 3 is 2.50 bits per heavy atom. The molecule has 0 saturated carbocycles. The molecule has 0 aliphatic carbocycles. The molecule has 0 amide bonds. The predicted molar refractivity (Wildman–Crippen MR) is 99.3 cm³/mol. The van der Waals surface area contributed by atoms with Gasteiger partial charge in [-0.15, -0.1) is 0 Å². The van der Waals surface area contributed by atoms with E-state index in [1.165, 1.54) is 12.1 Å². The maximum Gasteiger partial charge on any atom is 0.129 e. The van der Waals surface area contributed by atoms with Gasteiger partial charge in [-0.3, -0.25) is 4.98 Å². The van der Waals surface area contributed by atoms with Gasteiger partial charge in [0.2, 0.25) is 0 Å². The lowest BCUT2D eigenvalue weighted by atomic mass is 10.0. The van der Waals surface area contributed by atoms with Crippen molar-refractivity contribution in [3.8, 4) is 22.4 Å². The van der Waals surface area contributed by atoms with Crippen molar-refractivity contribution in [1.29, 1.82) is 0 Å². The SMILES string of the molecule is FCCn1c(-c2ccnc(Cl)c2)c(-c2ccc(F)cc2)c2ncccc21. The molecule has 3 heterocycles. The number of aryl methyl sites for hydroxylation is 1. The lowest BCUT2D eigenvalue weighted by Gasteiger charge is -2.11. The van der Waals surface area contributed by atoms with Crippen LogP contribution in [0.1, 0.15) is 0 Å². The maximum atomic E-state index is 13.4. The fraction of sp³-hybridized carbons (Fsp3) is 0.100. The van der Waals surface area contributed by atoms with E-state index in [2.05, 4.69) is 9.97 Å². The van der Waals surface area contributed by atoms with Gasteiger partial charge in [0.05, 0.1) is 23.3 Å². The van der Waals surface area contributed by atoms with Gasteiger partial charge in [-0.2, -0.15) is 0 Å². The van der Waals surface area contributed by atoms with Crippen molar-refractivity contribution >= 4 is 22.6 Å². The first-order chi connectivity index (χ1) is 12.7. The molecule has 6 heteroatoms. The Hall–Kier alpha value is -2.79. The summed E-state index contributed by atoms with van der Waals surface area (Å²) in [5.74, 6) is -0.317. The summed E-state index contributed by atoms with van der Waals surface area (Å²) in [4.78, 5) is 8.53. The lowest BCUT2D eigenvalue weighted by Crippen LogP contribution is -2.02. The van der Waals surface area contributed by atoms with Gasteiger partial charge in [-0.1, -0.05) is 23.7 Å². The minimum atomic E-state index is -0.520. The molecule has 130 valence electrons. The third kappa shape index (κ3) is 2.84. The van der Waals surface area contributed by atoms with Crippen LogP contribution in [0.3, 0.4) is 0 Å². The summed E-state index contributed by atoms with van der Waals surface area (Å²) < 4.78 is 28.6. The van der Waals surface area contributed by atoms with Crippen LogP contribution in [0.5, 0.6) is 0 Å². The number of pyridine rings is 2. The smallest absolute Gasteiger partial charge is 0.129 e. The number of rotatable bonds is 4. The second kappa shape index (κ2) is 6.84. The Balaban J connectivity index is 2.11. The molecule has 0 bridgehead atoms. The highest BCUT2D eigenvalue weighted by Crippen LogP contribution is 2.40. The van der Waals surface area contributed by atoms with Gasteiger partial charge in [-0.05, 0) is 42.0 Å². The summed E-state index contributed by atoms with van der Waals surface area (Å²) in [6, 6.07) is 13.5. The molecule has 0 aliphatic rings. The number of aromatic nitrogens is 3. The van der Waals surface area contributed by atoms with Crippen molar-refractivity contribution in [2.75, 3.05) is 6.67 Å². The second-order valence-electron chi connectivity index (χ2n) is 5.81. The van der Waals surface area contributed by atoms with E-state index in [1.807, 2.05) is 22.8 Å². The van der Waals surface area contributed by atoms with Crippen LogP contribution >= 0.6 is 11.6 Å². The van der Waals surface area contributed by atoms with Crippen LogP contribution in [-0.2, 0) is 6.54 Å². The molecule has 1 aromatic carbocycles. The van der Waals surface area contributed by atoms with Crippen LogP contribution in [0.4, 0.5) is 8.78 Å². The fourth-order valence-corrected chi connectivity index (χ4v) is 3.41. The minimum absolute atomic E-state index is 0.179. The molecule has 0 radical (unpaired) electrons. The van der Waals surface area contributed by atoms with E-state index in [9.17, 15) is 8.78 Å². The van der Waals surface area contributed by atoms with Gasteiger partial charge in [0, 0.05) is 23.5 Å². The van der Waals surface area contributed by atoms with E-state index >= 15 is 0 Å². The molecule has 0 unspecified atom stereocenters. The Morgan fingerprint density at radius 2 is 1.77 bits per heavy atom. The summed E-state index contributed by atoms with van der Waals surface area (Å²) >= 11 is 6.08. The molecular weight excluding hydrogens is 356 g/mol. The van der Waals surface area contributed by atoms with Crippen LogP contribution in [0, 0.1) is 5.82 Å². The number of halogens is 3. The largest absolute Gasteiger partial charge is 0.336 e. The highest BCUT2D eigenvalue weighted by Gasteiger charge is 2.21. The number of nitrogens with zero attached hydrogens (tertiary/aromatic N) is 3. The second-order valence-corrected chi connectivity index (χ2v) is 6.20. The molecule has 0 saturated heterocycles. The quantitative estimate of drug-likeness (QED) is 0.443. The first-order valence-corrected chi connectivity index (χ1v) is 8.48. The van der Waals surface area contributed by atoms with E-state index < -0.39 is 6.67 Å². The third-order valence-corrected chi connectivity index (χ3v) is 4.47. The molecule has 3 nitrogen and oxygen atoms in total. The average molecular weight is 370 g/mol. The van der Waals surface area contributed by atoms with E-state index in [0.29, 0.717) is 5.15 Å². The minimum Gasteiger partial charge on any atom is -0.336 e. The van der Waals surface area contributed by atoms with E-state index in [-0.39, 0.29) is 12.4 Å². The molecule has 4 rings (SSSR count). The van der Waals surface area contributed by atoms with E-state index in [1.54, 1.807) is 30.6 Å². The van der Waals surface area contributed by atoms with Crippen molar-refractivity contribution < 1.29 is 8.78 Å². The highest BCUT2D eigenvalue weighted by molar-refractivity contribution is 6.29. The predicted octanol–water partition coefficient (Wildman–Crippen LogP) is 5.53. The average Bonchev–Trinajstić information content (AvgIpc) is 2.97. The summed E-state index contributed by atoms with van der Waals surface area (Å²) in [5, 5.41) is 0.345. The highest BCUT2D eigenvalue weighted by atomic mass is 35.5. The monoisotopic (exact) mass is 369 g/mol. The Kier molecular flexibility index (Phi) is 4.39. The normalized spacial score (nSPS) is 11.2. The molecule has 0 spiro atoms. The van der Waals surface area contributed by atoms with Gasteiger partial charge < -0.3 is 4.57 Å². The van der Waals surface area contributed by atoms with Crippen LogP contribution in [0.25, 0.3) is 33.4 Å². The van der Waals surface area contributed by atoms with Crippen molar-refractivity contribution in [2.45, 2.75) is 6.54 Å². The zero-order valence-corrected chi connectivity index (χ0v) is 14.4. The number of alkyl halides is 1. The zero-order chi connectivity index (χ0) is 18.1. The fourth-order valence-electron chi connectivity index (χ4n) is 3.23. The standard InChI is InChI=1S/C20H14ClF2N3/c21-17-12-14(7-10-24-17)20-18(13-3-5-15(23)6-4-13)19-16(2-1-9-25-19)26(20)11-8-22/h1-7,9-10,12H,8,11H2. The summed E-state index contributed by atoms with van der Waals surface area (Å²) in [7, 11) is 0.